The van der Waals surface area contributed by atoms with Crippen molar-refractivity contribution >= 4 is 39.8 Å². The van der Waals surface area contributed by atoms with E-state index in [1.54, 1.807) is 12.1 Å². The van der Waals surface area contributed by atoms with E-state index in [-0.39, 0.29) is 18.3 Å². The Morgan fingerprint density at radius 1 is 1.36 bits per heavy atom. The van der Waals surface area contributed by atoms with Crippen LogP contribution in [0, 0.1) is 26.2 Å². The van der Waals surface area contributed by atoms with E-state index in [1.165, 1.54) is 25.1 Å². The van der Waals surface area contributed by atoms with Crippen molar-refractivity contribution in [1.82, 2.24) is 15.4 Å². The number of benzene rings is 1. The van der Waals surface area contributed by atoms with Crippen molar-refractivity contribution in [1.29, 1.82) is 0 Å². The van der Waals surface area contributed by atoms with Gasteiger partial charge in [0.05, 0.1) is 23.5 Å². The smallest absolute Gasteiger partial charge is 0.250 e. The molecule has 1 aromatic carbocycles. The predicted molar refractivity (Wildman–Crippen MR) is 113 cm³/mol. The van der Waals surface area contributed by atoms with Crippen molar-refractivity contribution in [2.24, 2.45) is 5.10 Å². The van der Waals surface area contributed by atoms with Gasteiger partial charge in [-0.05, 0) is 53.5 Å². The molecule has 0 bridgehead atoms. The summed E-state index contributed by atoms with van der Waals surface area (Å²) in [5, 5.41) is 4.53. The number of carbonyl (C=O) groups is 1. The van der Waals surface area contributed by atoms with Crippen molar-refractivity contribution in [2.45, 2.75) is 19.0 Å². The number of nitrogens with zero attached hydrogens (tertiary/aromatic N) is 3. The van der Waals surface area contributed by atoms with E-state index in [9.17, 15) is 4.79 Å². The van der Waals surface area contributed by atoms with Crippen LogP contribution in [0.2, 0.25) is 0 Å². The molecule has 146 valence electrons. The summed E-state index contributed by atoms with van der Waals surface area (Å²) in [6, 6.07) is 5.39. The summed E-state index contributed by atoms with van der Waals surface area (Å²) in [6.45, 7) is 3.90. The molecule has 0 spiro atoms. The minimum Gasteiger partial charge on any atom is -0.493 e. The number of hydrazone groups is 1. The number of amides is 1. The highest BCUT2D eigenvalue weighted by molar-refractivity contribution is 9.10. The number of hydrogen-bond donors (Lipinski definition) is 1. The number of carbonyl (C=O) groups excluding carboxylic acids is 1. The predicted octanol–water partition coefficient (Wildman–Crippen LogP) is 3.12. The number of aryl methyl sites for hydroxylation is 2. The van der Waals surface area contributed by atoms with Crippen molar-refractivity contribution < 1.29 is 14.3 Å². The maximum atomic E-state index is 12.0. The second-order valence-electron chi connectivity index (χ2n) is 5.54. The van der Waals surface area contributed by atoms with Gasteiger partial charge in [0.2, 0.25) is 0 Å². The molecule has 0 aliphatic carbocycles. The van der Waals surface area contributed by atoms with Gasteiger partial charge in [-0.2, -0.15) is 5.10 Å². The third-order valence-electron chi connectivity index (χ3n) is 3.25. The molecule has 9 heteroatoms. The number of methoxy groups -OCH3 is 1. The van der Waals surface area contributed by atoms with Crippen LogP contribution in [0.25, 0.3) is 0 Å². The minimum atomic E-state index is -0.260. The van der Waals surface area contributed by atoms with E-state index >= 15 is 0 Å². The van der Waals surface area contributed by atoms with Crippen LogP contribution in [0.15, 0.2) is 32.9 Å². The van der Waals surface area contributed by atoms with Crippen molar-refractivity contribution in [3.8, 4) is 23.8 Å². The minimum absolute atomic E-state index is 0.125. The van der Waals surface area contributed by atoms with Gasteiger partial charge in [-0.3, -0.25) is 4.79 Å². The van der Waals surface area contributed by atoms with Crippen molar-refractivity contribution in [3.05, 3.63) is 39.6 Å². The number of aromatic nitrogens is 2. The largest absolute Gasteiger partial charge is 0.493 e. The maximum Gasteiger partial charge on any atom is 0.250 e. The fourth-order valence-electron chi connectivity index (χ4n) is 2.17. The summed E-state index contributed by atoms with van der Waals surface area (Å²) >= 11 is 4.67. The number of nitrogens with one attached hydrogen (secondary N) is 1. The van der Waals surface area contributed by atoms with Gasteiger partial charge < -0.3 is 9.47 Å². The molecule has 0 radical (unpaired) electrons. The van der Waals surface area contributed by atoms with Crippen LogP contribution in [0.4, 0.5) is 0 Å². The highest BCUT2D eigenvalue weighted by Gasteiger charge is 2.11. The van der Waals surface area contributed by atoms with E-state index in [2.05, 4.69) is 42.3 Å². The second kappa shape index (κ2) is 10.7. The van der Waals surface area contributed by atoms with E-state index in [0.29, 0.717) is 26.7 Å². The highest BCUT2D eigenvalue weighted by Crippen LogP contribution is 2.36. The summed E-state index contributed by atoms with van der Waals surface area (Å²) in [5.41, 5.74) is 4.91. The van der Waals surface area contributed by atoms with Gasteiger partial charge in [0.15, 0.2) is 16.7 Å². The number of rotatable bonds is 8. The van der Waals surface area contributed by atoms with Gasteiger partial charge in [-0.25, -0.2) is 15.4 Å². The van der Waals surface area contributed by atoms with E-state index < -0.39 is 0 Å². The molecule has 1 aromatic heterocycles. The number of thioether (sulfide) groups is 1. The fourth-order valence-corrected chi connectivity index (χ4v) is 3.48. The fraction of sp³-hybridized carbons (Fsp3) is 0.263. The van der Waals surface area contributed by atoms with E-state index in [0.717, 1.165) is 11.4 Å². The normalized spacial score (nSPS) is 10.5. The van der Waals surface area contributed by atoms with Crippen LogP contribution in [-0.4, -0.2) is 41.6 Å². The molecule has 1 N–H and O–H groups in total. The Balaban J connectivity index is 1.95. The highest BCUT2D eigenvalue weighted by atomic mass is 79.9. The Hall–Kier alpha value is -2.57. The SMILES string of the molecule is C#CCOc1c(Br)cc(/C=N\NC(=O)CSc2nc(C)cc(C)n2)cc1OC. The molecule has 0 atom stereocenters. The summed E-state index contributed by atoms with van der Waals surface area (Å²) in [4.78, 5) is 20.5. The Bertz CT molecular complexity index is 908. The third kappa shape index (κ3) is 6.55. The van der Waals surface area contributed by atoms with Gasteiger partial charge in [-0.15, -0.1) is 6.42 Å². The van der Waals surface area contributed by atoms with Crippen LogP contribution in [0.3, 0.4) is 0 Å². The third-order valence-corrected chi connectivity index (χ3v) is 4.68. The molecular weight excluding hydrogens is 444 g/mol. The van der Waals surface area contributed by atoms with Gasteiger partial charge in [-0.1, -0.05) is 17.7 Å². The molecule has 0 aliphatic rings. The lowest BCUT2D eigenvalue weighted by atomic mass is 10.2. The van der Waals surface area contributed by atoms with Gasteiger partial charge in [0.25, 0.3) is 5.91 Å². The number of ether oxygens (including phenoxy) is 2. The second-order valence-corrected chi connectivity index (χ2v) is 7.34. The molecule has 7 nitrogen and oxygen atoms in total. The van der Waals surface area contributed by atoms with Crippen molar-refractivity contribution in [3.63, 3.8) is 0 Å². The molecule has 1 heterocycles. The number of halogens is 1. The zero-order valence-corrected chi connectivity index (χ0v) is 18.1. The Kier molecular flexibility index (Phi) is 8.29. The topological polar surface area (TPSA) is 85.7 Å². The molecule has 0 unspecified atom stereocenters. The lowest BCUT2D eigenvalue weighted by Crippen LogP contribution is -2.19. The van der Waals surface area contributed by atoms with E-state index in [4.69, 9.17) is 15.9 Å². The molecule has 2 rings (SSSR count). The van der Waals surface area contributed by atoms with Crippen LogP contribution in [0.1, 0.15) is 17.0 Å². The van der Waals surface area contributed by atoms with E-state index in [1.807, 2.05) is 19.9 Å². The first-order valence-corrected chi connectivity index (χ1v) is 9.91. The Morgan fingerprint density at radius 3 is 2.71 bits per heavy atom. The summed E-state index contributed by atoms with van der Waals surface area (Å²) in [7, 11) is 1.53. The molecule has 0 fully saturated rings. The zero-order chi connectivity index (χ0) is 20.5. The van der Waals surface area contributed by atoms with Crippen molar-refractivity contribution in [2.75, 3.05) is 19.5 Å². The zero-order valence-electron chi connectivity index (χ0n) is 15.7. The molecule has 0 saturated carbocycles. The Labute approximate surface area is 176 Å². The summed E-state index contributed by atoms with van der Waals surface area (Å²) in [5.74, 6) is 3.31. The lowest BCUT2D eigenvalue weighted by Gasteiger charge is -2.11. The summed E-state index contributed by atoms with van der Waals surface area (Å²) in [6.07, 6.45) is 6.72. The molecule has 0 saturated heterocycles. The molecule has 2 aromatic rings. The summed E-state index contributed by atoms with van der Waals surface area (Å²) < 4.78 is 11.4. The first-order chi connectivity index (χ1) is 13.4. The molecular formula is C19H19BrN4O3S. The number of terminal acetylenes is 1. The van der Waals surface area contributed by atoms with Gasteiger partial charge in [0, 0.05) is 11.4 Å². The van der Waals surface area contributed by atoms with Crippen LogP contribution >= 0.6 is 27.7 Å². The molecule has 28 heavy (non-hydrogen) atoms. The first kappa shape index (κ1) is 21.7. The van der Waals surface area contributed by atoms with Gasteiger partial charge >= 0.3 is 0 Å². The van der Waals surface area contributed by atoms with Crippen LogP contribution in [0.5, 0.6) is 11.5 Å². The van der Waals surface area contributed by atoms with Crippen LogP contribution in [-0.2, 0) is 4.79 Å². The quantitative estimate of drug-likeness (QED) is 0.213. The Morgan fingerprint density at radius 2 is 2.07 bits per heavy atom. The monoisotopic (exact) mass is 462 g/mol. The standard InChI is InChI=1S/C19H19BrN4O3S/c1-5-6-27-18-15(20)8-14(9-16(18)26-4)10-21-24-17(25)11-28-19-22-12(2)7-13(3)23-19/h1,7-10H,6,11H2,2-4H3,(H,24,25)/b21-10-. The maximum absolute atomic E-state index is 12.0. The average Bonchev–Trinajstić information content (AvgIpc) is 2.64. The van der Waals surface area contributed by atoms with Gasteiger partial charge in [0.1, 0.15) is 6.61 Å². The number of hydrogen-bond acceptors (Lipinski definition) is 7. The first-order valence-electron chi connectivity index (χ1n) is 8.13. The molecule has 1 amide bonds. The average molecular weight is 463 g/mol. The molecule has 0 aliphatic heterocycles. The lowest BCUT2D eigenvalue weighted by molar-refractivity contribution is -0.118. The van der Waals surface area contributed by atoms with Crippen LogP contribution < -0.4 is 14.9 Å².